The molecule has 4 nitrogen and oxygen atoms in total. The summed E-state index contributed by atoms with van der Waals surface area (Å²) in [5, 5.41) is 12.0. The number of allylic oxidation sites excluding steroid dienone is 1. The molecule has 1 N–H and O–H groups in total. The smallest absolute Gasteiger partial charge is 0.406 e. The maximum absolute atomic E-state index is 12.3. The lowest BCUT2D eigenvalue weighted by molar-refractivity contribution is -0.274. The van der Waals surface area contributed by atoms with E-state index in [0.717, 1.165) is 17.7 Å². The number of ether oxygens (including phenoxy) is 1. The summed E-state index contributed by atoms with van der Waals surface area (Å²) >= 11 is 0. The van der Waals surface area contributed by atoms with Crippen LogP contribution in [0.4, 0.5) is 18.9 Å². The zero-order valence-corrected chi connectivity index (χ0v) is 13.1. The number of hydrogen-bond acceptors (Lipinski definition) is 4. The van der Waals surface area contributed by atoms with Gasteiger partial charge in [-0.05, 0) is 43.3 Å². The summed E-state index contributed by atoms with van der Waals surface area (Å²) in [6.45, 7) is 1.93. The van der Waals surface area contributed by atoms with Gasteiger partial charge in [0.1, 0.15) is 17.4 Å². The van der Waals surface area contributed by atoms with Gasteiger partial charge < -0.3 is 10.1 Å². The highest BCUT2D eigenvalue weighted by atomic mass is 19.4. The van der Waals surface area contributed by atoms with E-state index in [4.69, 9.17) is 5.26 Å². The molecule has 128 valence electrons. The van der Waals surface area contributed by atoms with E-state index in [1.807, 2.05) is 19.1 Å². The second-order valence-corrected chi connectivity index (χ2v) is 5.08. The van der Waals surface area contributed by atoms with E-state index in [1.165, 1.54) is 18.3 Å². The van der Waals surface area contributed by atoms with Crippen molar-refractivity contribution in [1.82, 2.24) is 0 Å². The Morgan fingerprint density at radius 3 is 2.24 bits per heavy atom. The maximum atomic E-state index is 12.3. The molecule has 0 saturated heterocycles. The zero-order valence-electron chi connectivity index (χ0n) is 13.1. The van der Waals surface area contributed by atoms with E-state index < -0.39 is 17.9 Å². The molecule has 2 aromatic rings. The van der Waals surface area contributed by atoms with Crippen LogP contribution in [0.5, 0.6) is 5.75 Å². The van der Waals surface area contributed by atoms with E-state index in [9.17, 15) is 18.0 Å². The van der Waals surface area contributed by atoms with Crippen molar-refractivity contribution in [2.24, 2.45) is 0 Å². The average Bonchev–Trinajstić information content (AvgIpc) is 2.56. The first-order valence-electron chi connectivity index (χ1n) is 7.12. The Bertz CT molecular complexity index is 817. The third-order valence-electron chi connectivity index (χ3n) is 3.15. The van der Waals surface area contributed by atoms with Crippen molar-refractivity contribution in [3.8, 4) is 11.8 Å². The van der Waals surface area contributed by atoms with Crippen LogP contribution in [0.15, 0.2) is 60.3 Å². The van der Waals surface area contributed by atoms with Gasteiger partial charge in [0.15, 0.2) is 0 Å². The third kappa shape index (κ3) is 5.39. The number of benzene rings is 2. The first kappa shape index (κ1) is 18.1. The number of rotatable bonds is 5. The molecule has 0 spiro atoms. The standard InChI is InChI=1S/C18H13F3N2O2/c1-12-2-6-15(7-3-12)23-11-14(10-22)17(24)13-4-8-16(9-5-13)25-18(19,20)21/h2-9,11,23H,1H3/b14-11-. The fourth-order valence-electron chi connectivity index (χ4n) is 1.92. The second kappa shape index (κ2) is 7.53. The highest BCUT2D eigenvalue weighted by Gasteiger charge is 2.31. The number of aryl methyl sites for hydroxylation is 1. The summed E-state index contributed by atoms with van der Waals surface area (Å²) in [6.07, 6.45) is -3.55. The SMILES string of the molecule is Cc1ccc(N/C=C(/C#N)C(=O)c2ccc(OC(F)(F)F)cc2)cc1. The molecule has 0 atom stereocenters. The van der Waals surface area contributed by atoms with Gasteiger partial charge in [0.05, 0.1) is 0 Å². The summed E-state index contributed by atoms with van der Waals surface area (Å²) < 4.78 is 40.1. The highest BCUT2D eigenvalue weighted by Crippen LogP contribution is 2.23. The molecule has 0 aliphatic heterocycles. The number of Topliss-reactive ketones (excluding diaryl/α,β-unsaturated/α-hetero) is 1. The molecular weight excluding hydrogens is 333 g/mol. The monoisotopic (exact) mass is 346 g/mol. The molecule has 0 saturated carbocycles. The van der Waals surface area contributed by atoms with Crippen molar-refractivity contribution >= 4 is 11.5 Å². The van der Waals surface area contributed by atoms with Gasteiger partial charge in [0.25, 0.3) is 0 Å². The number of hydrogen-bond donors (Lipinski definition) is 1. The van der Waals surface area contributed by atoms with Crippen molar-refractivity contribution in [3.05, 3.63) is 71.4 Å². The molecule has 0 heterocycles. The molecule has 7 heteroatoms. The predicted octanol–water partition coefficient (Wildman–Crippen LogP) is 4.60. The Hall–Kier alpha value is -3.27. The molecular formula is C18H13F3N2O2. The number of carbonyl (C=O) groups is 1. The number of ketones is 1. The molecule has 25 heavy (non-hydrogen) atoms. The summed E-state index contributed by atoms with van der Waals surface area (Å²) in [7, 11) is 0. The zero-order chi connectivity index (χ0) is 18.4. The molecule has 0 aliphatic rings. The third-order valence-corrected chi connectivity index (χ3v) is 3.15. The number of halogens is 3. The molecule has 0 fully saturated rings. The lowest BCUT2D eigenvalue weighted by Gasteiger charge is -2.09. The number of nitrogens with zero attached hydrogens (tertiary/aromatic N) is 1. The van der Waals surface area contributed by atoms with Crippen molar-refractivity contribution in [1.29, 1.82) is 5.26 Å². The Morgan fingerprint density at radius 2 is 1.72 bits per heavy atom. The topological polar surface area (TPSA) is 62.1 Å². The van der Waals surface area contributed by atoms with Gasteiger partial charge >= 0.3 is 6.36 Å². The van der Waals surface area contributed by atoms with Crippen molar-refractivity contribution < 1.29 is 22.7 Å². The Labute approximate surface area is 142 Å². The number of alkyl halides is 3. The molecule has 2 rings (SSSR count). The van der Waals surface area contributed by atoms with Crippen LogP contribution in [0.3, 0.4) is 0 Å². The molecule has 0 amide bonds. The molecule has 0 aliphatic carbocycles. The van der Waals surface area contributed by atoms with Crippen molar-refractivity contribution in [2.45, 2.75) is 13.3 Å². The van der Waals surface area contributed by atoms with E-state index in [2.05, 4.69) is 10.1 Å². The van der Waals surface area contributed by atoms with Crippen LogP contribution in [-0.4, -0.2) is 12.1 Å². The van der Waals surface area contributed by atoms with Crippen LogP contribution in [0, 0.1) is 18.3 Å². The van der Waals surface area contributed by atoms with Crippen LogP contribution in [0.25, 0.3) is 0 Å². The van der Waals surface area contributed by atoms with Gasteiger partial charge in [-0.25, -0.2) is 0 Å². The van der Waals surface area contributed by atoms with E-state index in [1.54, 1.807) is 18.2 Å². The Morgan fingerprint density at radius 1 is 1.12 bits per heavy atom. The molecule has 0 aromatic heterocycles. The minimum atomic E-state index is -4.80. The van der Waals surface area contributed by atoms with Crippen LogP contribution >= 0.6 is 0 Å². The van der Waals surface area contributed by atoms with Gasteiger partial charge in [0, 0.05) is 17.5 Å². The number of nitrogens with one attached hydrogen (secondary N) is 1. The van der Waals surface area contributed by atoms with Gasteiger partial charge in [-0.3, -0.25) is 4.79 Å². The first-order valence-corrected chi connectivity index (χ1v) is 7.12. The minimum Gasteiger partial charge on any atom is -0.406 e. The van der Waals surface area contributed by atoms with E-state index in [0.29, 0.717) is 5.69 Å². The fraction of sp³-hybridized carbons (Fsp3) is 0.111. The first-order chi connectivity index (χ1) is 11.8. The number of carbonyl (C=O) groups excluding carboxylic acids is 1. The van der Waals surface area contributed by atoms with E-state index >= 15 is 0 Å². The second-order valence-electron chi connectivity index (χ2n) is 5.08. The number of anilines is 1. The normalized spacial score (nSPS) is 11.6. The predicted molar refractivity (Wildman–Crippen MR) is 86.0 cm³/mol. The number of nitriles is 1. The summed E-state index contributed by atoms with van der Waals surface area (Å²) in [6, 6.07) is 13.4. The fourth-order valence-corrected chi connectivity index (χ4v) is 1.92. The molecule has 0 unspecified atom stereocenters. The van der Waals surface area contributed by atoms with Gasteiger partial charge in [-0.2, -0.15) is 5.26 Å². The van der Waals surface area contributed by atoms with Crippen LogP contribution in [0.1, 0.15) is 15.9 Å². The van der Waals surface area contributed by atoms with Crippen LogP contribution in [-0.2, 0) is 0 Å². The lowest BCUT2D eigenvalue weighted by atomic mass is 10.1. The van der Waals surface area contributed by atoms with Gasteiger partial charge in [0.2, 0.25) is 5.78 Å². The lowest BCUT2D eigenvalue weighted by Crippen LogP contribution is -2.17. The summed E-state index contributed by atoms with van der Waals surface area (Å²) in [5.41, 5.74) is 1.66. The van der Waals surface area contributed by atoms with Crippen LogP contribution < -0.4 is 10.1 Å². The Balaban J connectivity index is 2.12. The molecule has 0 radical (unpaired) electrons. The van der Waals surface area contributed by atoms with E-state index in [-0.39, 0.29) is 11.1 Å². The van der Waals surface area contributed by atoms with Crippen molar-refractivity contribution in [3.63, 3.8) is 0 Å². The molecule has 0 bridgehead atoms. The summed E-state index contributed by atoms with van der Waals surface area (Å²) in [5.74, 6) is -1.05. The largest absolute Gasteiger partial charge is 0.573 e. The average molecular weight is 346 g/mol. The maximum Gasteiger partial charge on any atom is 0.573 e. The molecule has 2 aromatic carbocycles. The quantitative estimate of drug-likeness (QED) is 0.488. The van der Waals surface area contributed by atoms with Gasteiger partial charge in [-0.15, -0.1) is 13.2 Å². The van der Waals surface area contributed by atoms with Gasteiger partial charge in [-0.1, -0.05) is 17.7 Å². The van der Waals surface area contributed by atoms with Crippen molar-refractivity contribution in [2.75, 3.05) is 5.32 Å². The summed E-state index contributed by atoms with van der Waals surface area (Å²) in [4.78, 5) is 12.3. The highest BCUT2D eigenvalue weighted by molar-refractivity contribution is 6.11. The Kier molecular flexibility index (Phi) is 5.45. The van der Waals surface area contributed by atoms with Crippen LogP contribution in [0.2, 0.25) is 0 Å². The minimum absolute atomic E-state index is 0.0769.